The lowest BCUT2D eigenvalue weighted by Crippen LogP contribution is -2.32. The van der Waals surface area contributed by atoms with Gasteiger partial charge in [0, 0.05) is 18.8 Å². The Balaban J connectivity index is 1.86. The van der Waals surface area contributed by atoms with Gasteiger partial charge in [0.25, 0.3) is 0 Å². The van der Waals surface area contributed by atoms with E-state index in [9.17, 15) is 0 Å². The summed E-state index contributed by atoms with van der Waals surface area (Å²) >= 11 is 0. The summed E-state index contributed by atoms with van der Waals surface area (Å²) in [5.74, 6) is 1.93. The highest BCUT2D eigenvalue weighted by molar-refractivity contribution is 5.44. The minimum absolute atomic E-state index is 0.109. The van der Waals surface area contributed by atoms with E-state index in [0.29, 0.717) is 6.04 Å². The average Bonchev–Trinajstić information content (AvgIpc) is 2.91. The topological polar surface area (TPSA) is 36.4 Å². The first kappa shape index (κ1) is 9.16. The highest BCUT2D eigenvalue weighted by atomic mass is 16.3. The van der Waals surface area contributed by atoms with E-state index in [1.807, 2.05) is 12.1 Å². The number of rotatable bonds is 2. The first-order valence-electron chi connectivity index (χ1n) is 5.69. The molecule has 1 aliphatic heterocycles. The summed E-state index contributed by atoms with van der Waals surface area (Å²) in [6.07, 6.45) is 5.84. The number of aliphatic hydroxyl groups excluding tert-OH is 1. The molecule has 0 spiro atoms. The van der Waals surface area contributed by atoms with Gasteiger partial charge in [0.2, 0.25) is 0 Å². The number of fused-ring (bicyclic) bond motifs is 2. The Hall–Kier alpha value is -1.09. The van der Waals surface area contributed by atoms with Crippen LogP contribution < -0.4 is 4.90 Å². The van der Waals surface area contributed by atoms with Crippen LogP contribution in [0, 0.1) is 5.92 Å². The molecular weight excluding hydrogens is 188 g/mol. The number of hydrogen-bond donors (Lipinski definition) is 1. The van der Waals surface area contributed by atoms with Crippen LogP contribution in [0.5, 0.6) is 0 Å². The Kier molecular flexibility index (Phi) is 2.13. The minimum Gasteiger partial charge on any atom is -0.392 e. The molecule has 80 valence electrons. The number of aromatic nitrogens is 1. The normalized spacial score (nSPS) is 28.7. The molecule has 3 heteroatoms. The average molecular weight is 204 g/mol. The number of piperidine rings is 1. The van der Waals surface area contributed by atoms with Gasteiger partial charge in [-0.2, -0.15) is 0 Å². The molecule has 1 aliphatic carbocycles. The van der Waals surface area contributed by atoms with Crippen LogP contribution in [0.25, 0.3) is 0 Å². The van der Waals surface area contributed by atoms with Gasteiger partial charge >= 0.3 is 0 Å². The first-order chi connectivity index (χ1) is 7.36. The third kappa shape index (κ3) is 1.51. The van der Waals surface area contributed by atoms with Gasteiger partial charge in [0.05, 0.1) is 6.61 Å². The maximum atomic E-state index is 9.09. The van der Waals surface area contributed by atoms with Gasteiger partial charge in [0.1, 0.15) is 5.82 Å². The zero-order valence-electron chi connectivity index (χ0n) is 8.76. The summed E-state index contributed by atoms with van der Waals surface area (Å²) in [6, 6.07) is 4.59. The molecule has 2 unspecified atom stereocenters. The van der Waals surface area contributed by atoms with Crippen molar-refractivity contribution in [2.45, 2.75) is 31.9 Å². The van der Waals surface area contributed by atoms with Crippen molar-refractivity contribution < 1.29 is 5.11 Å². The summed E-state index contributed by atoms with van der Waals surface area (Å²) in [6.45, 7) is 1.27. The largest absolute Gasteiger partial charge is 0.392 e. The zero-order chi connectivity index (χ0) is 10.3. The van der Waals surface area contributed by atoms with Crippen molar-refractivity contribution in [1.82, 2.24) is 4.98 Å². The van der Waals surface area contributed by atoms with Crippen LogP contribution in [0.3, 0.4) is 0 Å². The number of aliphatic hydroxyl groups is 1. The Morgan fingerprint density at radius 3 is 3.07 bits per heavy atom. The van der Waals surface area contributed by atoms with Crippen molar-refractivity contribution in [1.29, 1.82) is 0 Å². The molecule has 1 saturated carbocycles. The van der Waals surface area contributed by atoms with Crippen LogP contribution in [0.4, 0.5) is 5.82 Å². The fourth-order valence-electron chi connectivity index (χ4n) is 2.92. The van der Waals surface area contributed by atoms with Gasteiger partial charge in [-0.3, -0.25) is 0 Å². The molecule has 2 heterocycles. The molecule has 2 aliphatic rings. The van der Waals surface area contributed by atoms with Crippen LogP contribution >= 0.6 is 0 Å². The summed E-state index contributed by atoms with van der Waals surface area (Å²) < 4.78 is 0. The third-order valence-corrected chi connectivity index (χ3v) is 3.70. The molecule has 1 aromatic rings. The quantitative estimate of drug-likeness (QED) is 0.794. The first-order valence-corrected chi connectivity index (χ1v) is 5.69. The lowest BCUT2D eigenvalue weighted by Gasteiger charge is -2.28. The fourth-order valence-corrected chi connectivity index (χ4v) is 2.92. The molecule has 1 saturated heterocycles. The van der Waals surface area contributed by atoms with Crippen molar-refractivity contribution in [3.8, 4) is 0 Å². The zero-order valence-corrected chi connectivity index (χ0v) is 8.76. The van der Waals surface area contributed by atoms with Crippen molar-refractivity contribution >= 4 is 5.82 Å². The highest BCUT2D eigenvalue weighted by Gasteiger charge is 2.38. The van der Waals surface area contributed by atoms with Gasteiger partial charge in [-0.1, -0.05) is 0 Å². The van der Waals surface area contributed by atoms with E-state index < -0.39 is 0 Å². The molecule has 2 bridgehead atoms. The predicted octanol–water partition coefficient (Wildman–Crippen LogP) is 1.56. The molecule has 0 amide bonds. The lowest BCUT2D eigenvalue weighted by atomic mass is 10.1. The van der Waals surface area contributed by atoms with E-state index in [0.717, 1.165) is 23.8 Å². The van der Waals surface area contributed by atoms with Crippen LogP contribution in [0.1, 0.15) is 24.8 Å². The van der Waals surface area contributed by atoms with Gasteiger partial charge in [-0.15, -0.1) is 0 Å². The molecule has 2 atom stereocenters. The number of anilines is 1. The van der Waals surface area contributed by atoms with E-state index in [-0.39, 0.29) is 6.61 Å². The molecule has 1 aromatic heterocycles. The number of pyridine rings is 1. The third-order valence-electron chi connectivity index (χ3n) is 3.70. The second-order valence-electron chi connectivity index (χ2n) is 4.67. The smallest absolute Gasteiger partial charge is 0.129 e. The standard InChI is InChI=1S/C12H16N2O/c15-8-10-3-4-13-12(6-10)14-7-9-1-2-11(14)5-9/h3-4,6,9,11,15H,1-2,5,7-8H2. The second kappa shape index (κ2) is 3.49. The van der Waals surface area contributed by atoms with Gasteiger partial charge in [-0.25, -0.2) is 4.98 Å². The Bertz CT molecular complexity index is 366. The SMILES string of the molecule is OCc1ccnc(N2CC3CCC2C3)c1. The van der Waals surface area contributed by atoms with Crippen molar-refractivity contribution in [2.24, 2.45) is 5.92 Å². The monoisotopic (exact) mass is 204 g/mol. The second-order valence-corrected chi connectivity index (χ2v) is 4.67. The van der Waals surface area contributed by atoms with E-state index in [1.54, 1.807) is 6.20 Å². The van der Waals surface area contributed by atoms with Crippen molar-refractivity contribution in [3.63, 3.8) is 0 Å². The molecule has 15 heavy (non-hydrogen) atoms. The minimum atomic E-state index is 0.109. The maximum absolute atomic E-state index is 9.09. The van der Waals surface area contributed by atoms with Gasteiger partial charge < -0.3 is 10.0 Å². The summed E-state index contributed by atoms with van der Waals surface area (Å²) in [5, 5.41) is 9.09. The predicted molar refractivity (Wildman–Crippen MR) is 58.6 cm³/mol. The van der Waals surface area contributed by atoms with Gasteiger partial charge in [0.15, 0.2) is 0 Å². The fraction of sp³-hybridized carbons (Fsp3) is 0.583. The molecule has 1 N–H and O–H groups in total. The summed E-state index contributed by atoms with van der Waals surface area (Å²) in [5.41, 5.74) is 0.961. The molecule has 3 nitrogen and oxygen atoms in total. The summed E-state index contributed by atoms with van der Waals surface area (Å²) in [7, 11) is 0. The van der Waals surface area contributed by atoms with E-state index in [2.05, 4.69) is 9.88 Å². The Morgan fingerprint density at radius 1 is 1.47 bits per heavy atom. The highest BCUT2D eigenvalue weighted by Crippen LogP contribution is 2.39. The van der Waals surface area contributed by atoms with Crippen molar-refractivity contribution in [3.05, 3.63) is 23.9 Å². The van der Waals surface area contributed by atoms with E-state index in [1.165, 1.54) is 19.3 Å². The Morgan fingerprint density at radius 2 is 2.40 bits per heavy atom. The van der Waals surface area contributed by atoms with Crippen LogP contribution in [0.2, 0.25) is 0 Å². The Labute approximate surface area is 89.7 Å². The maximum Gasteiger partial charge on any atom is 0.129 e. The lowest BCUT2D eigenvalue weighted by molar-refractivity contribution is 0.281. The van der Waals surface area contributed by atoms with Crippen LogP contribution in [-0.2, 0) is 6.61 Å². The molecule has 2 fully saturated rings. The van der Waals surface area contributed by atoms with Crippen molar-refractivity contribution in [2.75, 3.05) is 11.4 Å². The van der Waals surface area contributed by atoms with E-state index in [4.69, 9.17) is 5.11 Å². The number of hydrogen-bond acceptors (Lipinski definition) is 3. The summed E-state index contributed by atoms with van der Waals surface area (Å²) in [4.78, 5) is 6.81. The number of nitrogens with zero attached hydrogens (tertiary/aromatic N) is 2. The molecule has 0 radical (unpaired) electrons. The van der Waals surface area contributed by atoms with E-state index >= 15 is 0 Å². The van der Waals surface area contributed by atoms with Crippen LogP contribution in [0.15, 0.2) is 18.3 Å². The molecular formula is C12H16N2O. The molecule has 0 aromatic carbocycles. The molecule has 3 rings (SSSR count). The van der Waals surface area contributed by atoms with Crippen LogP contribution in [-0.4, -0.2) is 22.7 Å². The van der Waals surface area contributed by atoms with Gasteiger partial charge in [-0.05, 0) is 42.9 Å².